The van der Waals surface area contributed by atoms with Crippen molar-refractivity contribution in [1.29, 1.82) is 0 Å². The first-order valence-electron chi connectivity index (χ1n) is 9.54. The predicted octanol–water partition coefficient (Wildman–Crippen LogP) is 4.55. The van der Waals surface area contributed by atoms with Crippen LogP contribution in [-0.4, -0.2) is 21.5 Å². The van der Waals surface area contributed by atoms with E-state index in [1.165, 1.54) is 27.8 Å². The Kier molecular flexibility index (Phi) is 4.56. The van der Waals surface area contributed by atoms with Gasteiger partial charge in [0.2, 0.25) is 5.91 Å². The average Bonchev–Trinajstić information content (AvgIpc) is 3.39. The van der Waals surface area contributed by atoms with Crippen LogP contribution in [0.1, 0.15) is 18.9 Å². The molecule has 0 aliphatic carbocycles. The van der Waals surface area contributed by atoms with Crippen LogP contribution in [0.2, 0.25) is 0 Å². The lowest BCUT2D eigenvalue weighted by Crippen LogP contribution is -2.44. The molecule has 5 rings (SSSR count). The first-order valence-corrected chi connectivity index (χ1v) is 11.3. The summed E-state index contributed by atoms with van der Waals surface area (Å²) in [6.07, 6.45) is 3.38. The smallest absolute Gasteiger partial charge is 0.263 e. The van der Waals surface area contributed by atoms with Gasteiger partial charge in [0.25, 0.3) is 5.56 Å². The van der Waals surface area contributed by atoms with Gasteiger partial charge in [0.15, 0.2) is 0 Å². The summed E-state index contributed by atoms with van der Waals surface area (Å²) in [5, 5.41) is 4.56. The average molecular weight is 422 g/mol. The molecule has 0 spiro atoms. The molecule has 0 bridgehead atoms. The Bertz CT molecular complexity index is 1260. The van der Waals surface area contributed by atoms with E-state index in [0.717, 1.165) is 29.0 Å². The normalized spacial score (nSPS) is 16.2. The van der Waals surface area contributed by atoms with E-state index in [1.54, 1.807) is 11.3 Å². The molecule has 1 atom stereocenters. The van der Waals surface area contributed by atoms with Crippen molar-refractivity contribution in [2.24, 2.45) is 0 Å². The van der Waals surface area contributed by atoms with Gasteiger partial charge in [-0.2, -0.15) is 0 Å². The van der Waals surface area contributed by atoms with Gasteiger partial charge in [-0.15, -0.1) is 22.7 Å². The summed E-state index contributed by atoms with van der Waals surface area (Å²) in [4.78, 5) is 34.5. The lowest BCUT2D eigenvalue weighted by atomic mass is 9.96. The van der Waals surface area contributed by atoms with Crippen molar-refractivity contribution in [3.63, 3.8) is 0 Å². The Labute approximate surface area is 175 Å². The first-order chi connectivity index (χ1) is 14.1. The van der Waals surface area contributed by atoms with E-state index in [-0.39, 0.29) is 24.1 Å². The summed E-state index contributed by atoms with van der Waals surface area (Å²) < 4.78 is 1.44. The monoisotopic (exact) mass is 421 g/mol. The minimum absolute atomic E-state index is 0.0137. The molecule has 146 valence electrons. The molecular formula is C22H19N3O2S2. The second-order valence-corrected chi connectivity index (χ2v) is 9.07. The maximum absolute atomic E-state index is 13.2. The maximum Gasteiger partial charge on any atom is 0.263 e. The fraction of sp³-hybridized carbons (Fsp3) is 0.227. The molecule has 0 N–H and O–H groups in total. The minimum atomic E-state index is -0.161. The number of rotatable bonds is 3. The highest BCUT2D eigenvalue weighted by Gasteiger charge is 2.28. The highest BCUT2D eigenvalue weighted by molar-refractivity contribution is 7.18. The Morgan fingerprint density at radius 2 is 2.07 bits per heavy atom. The molecule has 4 aromatic rings. The fourth-order valence-electron chi connectivity index (χ4n) is 3.98. The number of carbonyl (C=O) groups excluding carboxylic acids is 1. The van der Waals surface area contributed by atoms with E-state index in [0.29, 0.717) is 10.2 Å². The summed E-state index contributed by atoms with van der Waals surface area (Å²) in [7, 11) is 0. The Morgan fingerprint density at radius 1 is 1.21 bits per heavy atom. The lowest BCUT2D eigenvalue weighted by molar-refractivity contribution is -0.119. The van der Waals surface area contributed by atoms with E-state index in [4.69, 9.17) is 0 Å². The zero-order valence-electron chi connectivity index (χ0n) is 15.9. The third kappa shape index (κ3) is 3.10. The number of aromatic nitrogens is 2. The van der Waals surface area contributed by atoms with Crippen LogP contribution >= 0.6 is 22.7 Å². The zero-order valence-corrected chi connectivity index (χ0v) is 17.5. The van der Waals surface area contributed by atoms with E-state index in [9.17, 15) is 9.59 Å². The van der Waals surface area contributed by atoms with E-state index >= 15 is 0 Å². The highest BCUT2D eigenvalue weighted by Crippen LogP contribution is 2.34. The molecule has 1 aromatic carbocycles. The molecule has 7 heteroatoms. The Morgan fingerprint density at radius 3 is 2.90 bits per heavy atom. The van der Waals surface area contributed by atoms with Gasteiger partial charge in [0.05, 0.1) is 11.7 Å². The van der Waals surface area contributed by atoms with Gasteiger partial charge < -0.3 is 4.90 Å². The van der Waals surface area contributed by atoms with Crippen LogP contribution < -0.4 is 10.5 Å². The van der Waals surface area contributed by atoms with Crippen molar-refractivity contribution in [1.82, 2.24) is 9.55 Å². The minimum Gasteiger partial charge on any atom is -0.308 e. The number of hydrogen-bond acceptors (Lipinski definition) is 5. The Balaban J connectivity index is 1.53. The molecule has 3 aromatic heterocycles. The van der Waals surface area contributed by atoms with Crippen LogP contribution in [0, 0.1) is 0 Å². The van der Waals surface area contributed by atoms with Gasteiger partial charge in [-0.1, -0.05) is 24.3 Å². The van der Waals surface area contributed by atoms with Crippen LogP contribution in [0.3, 0.4) is 0 Å². The lowest BCUT2D eigenvalue weighted by Gasteiger charge is -2.35. The molecule has 0 saturated carbocycles. The number of amides is 1. The van der Waals surface area contributed by atoms with Gasteiger partial charge in [-0.05, 0) is 42.8 Å². The van der Waals surface area contributed by atoms with Gasteiger partial charge in [-0.25, -0.2) is 4.98 Å². The molecule has 0 fully saturated rings. The van der Waals surface area contributed by atoms with Crippen LogP contribution in [0.15, 0.2) is 58.3 Å². The van der Waals surface area contributed by atoms with E-state index in [1.807, 2.05) is 46.0 Å². The standard InChI is InChI=1S/C22H19N3O2S2/c1-14-8-9-15-5-2-3-6-17(15)25(14)19(26)11-24-13-23-21-20(22(24)27)16(12-29-21)18-7-4-10-28-18/h2-7,10,12-14H,8-9,11H2,1H3/t14-/m0/s1. The van der Waals surface area contributed by atoms with Gasteiger partial charge in [0.1, 0.15) is 11.4 Å². The van der Waals surface area contributed by atoms with Crippen molar-refractivity contribution < 1.29 is 4.79 Å². The highest BCUT2D eigenvalue weighted by atomic mass is 32.1. The summed E-state index contributed by atoms with van der Waals surface area (Å²) in [5.41, 5.74) is 2.87. The molecule has 0 unspecified atom stereocenters. The molecule has 1 aliphatic rings. The summed E-state index contributed by atoms with van der Waals surface area (Å²) in [5.74, 6) is -0.0826. The number of fused-ring (bicyclic) bond motifs is 2. The van der Waals surface area contributed by atoms with E-state index < -0.39 is 0 Å². The number of anilines is 1. The van der Waals surface area contributed by atoms with Gasteiger partial charge >= 0.3 is 0 Å². The topological polar surface area (TPSA) is 55.2 Å². The number of benzene rings is 1. The molecular weight excluding hydrogens is 402 g/mol. The number of carbonyl (C=O) groups is 1. The second-order valence-electron chi connectivity index (χ2n) is 7.26. The van der Waals surface area contributed by atoms with Crippen LogP contribution in [-0.2, 0) is 17.8 Å². The molecule has 1 amide bonds. The van der Waals surface area contributed by atoms with Gasteiger partial charge in [0, 0.05) is 27.5 Å². The number of aryl methyl sites for hydroxylation is 1. The number of para-hydroxylation sites is 1. The first kappa shape index (κ1) is 18.3. The summed E-state index contributed by atoms with van der Waals surface area (Å²) in [6.45, 7) is 2.05. The summed E-state index contributed by atoms with van der Waals surface area (Å²) >= 11 is 3.05. The van der Waals surface area contributed by atoms with Gasteiger partial charge in [-0.3, -0.25) is 14.2 Å². The van der Waals surface area contributed by atoms with E-state index in [2.05, 4.69) is 18.0 Å². The second kappa shape index (κ2) is 7.24. The van der Waals surface area contributed by atoms with Crippen molar-refractivity contribution in [2.45, 2.75) is 32.4 Å². The third-order valence-electron chi connectivity index (χ3n) is 5.45. The zero-order chi connectivity index (χ0) is 20.0. The van der Waals surface area contributed by atoms with Crippen molar-refractivity contribution >= 4 is 44.5 Å². The third-order valence-corrected chi connectivity index (χ3v) is 7.23. The van der Waals surface area contributed by atoms with Crippen molar-refractivity contribution in [2.75, 3.05) is 4.90 Å². The quantitative estimate of drug-likeness (QED) is 0.487. The molecule has 5 nitrogen and oxygen atoms in total. The van der Waals surface area contributed by atoms with Crippen LogP contribution in [0.4, 0.5) is 5.69 Å². The molecule has 29 heavy (non-hydrogen) atoms. The molecule has 0 saturated heterocycles. The number of thiophene rings is 2. The maximum atomic E-state index is 13.2. The number of nitrogens with zero attached hydrogens (tertiary/aromatic N) is 3. The van der Waals surface area contributed by atoms with Crippen LogP contribution in [0.25, 0.3) is 20.7 Å². The Hall–Kier alpha value is -2.77. The van der Waals surface area contributed by atoms with Crippen LogP contribution in [0.5, 0.6) is 0 Å². The largest absolute Gasteiger partial charge is 0.308 e. The number of hydrogen-bond donors (Lipinski definition) is 0. The molecule has 4 heterocycles. The van der Waals surface area contributed by atoms with Crippen molar-refractivity contribution in [3.8, 4) is 10.4 Å². The fourth-order valence-corrected chi connectivity index (χ4v) is 5.70. The SMILES string of the molecule is C[C@H]1CCc2ccccc2N1C(=O)Cn1cnc2scc(-c3cccs3)c2c1=O. The molecule has 0 radical (unpaired) electrons. The molecule has 1 aliphatic heterocycles. The summed E-state index contributed by atoms with van der Waals surface area (Å²) in [6, 6.07) is 12.1. The van der Waals surface area contributed by atoms with Crippen molar-refractivity contribution in [3.05, 3.63) is 69.4 Å². The predicted molar refractivity (Wildman–Crippen MR) is 119 cm³/mol.